The summed E-state index contributed by atoms with van der Waals surface area (Å²) >= 11 is 6.64. The van der Waals surface area contributed by atoms with Crippen LogP contribution in [0.2, 0.25) is 0 Å². The van der Waals surface area contributed by atoms with Crippen LogP contribution in [0.25, 0.3) is 0 Å². The van der Waals surface area contributed by atoms with E-state index in [0.29, 0.717) is 5.75 Å². The summed E-state index contributed by atoms with van der Waals surface area (Å²) in [6.07, 6.45) is 0. The monoisotopic (exact) mass is 306 g/mol. The molecular weight excluding hydrogens is 300 g/mol. The van der Waals surface area contributed by atoms with E-state index < -0.39 is 0 Å². The van der Waals surface area contributed by atoms with Gasteiger partial charge in [-0.3, -0.25) is 4.79 Å². The smallest absolute Gasteiger partial charge is 0.308 e. The van der Waals surface area contributed by atoms with Crippen molar-refractivity contribution in [3.8, 4) is 5.75 Å². The average molecular weight is 308 g/mol. The highest BCUT2D eigenvalue weighted by molar-refractivity contribution is 9.11. The van der Waals surface area contributed by atoms with Crippen molar-refractivity contribution in [2.45, 2.75) is 13.8 Å². The van der Waals surface area contributed by atoms with E-state index in [-0.39, 0.29) is 5.97 Å². The molecule has 0 atom stereocenters. The second kappa shape index (κ2) is 4.24. The third-order valence-corrected chi connectivity index (χ3v) is 2.57. The minimum atomic E-state index is -0.328. The molecule has 0 radical (unpaired) electrons. The van der Waals surface area contributed by atoms with E-state index in [2.05, 4.69) is 31.9 Å². The predicted molar refractivity (Wildman–Crippen MR) is 57.9 cm³/mol. The van der Waals surface area contributed by atoms with Crippen molar-refractivity contribution in [2.75, 3.05) is 0 Å². The molecule has 0 spiro atoms. The lowest BCUT2D eigenvalue weighted by Gasteiger charge is -2.07. The van der Waals surface area contributed by atoms with Gasteiger partial charge in [-0.25, -0.2) is 0 Å². The molecular formula is C9H8Br2O2. The Balaban J connectivity index is 3.13. The number of ether oxygens (including phenoxy) is 1. The highest BCUT2D eigenvalue weighted by Crippen LogP contribution is 2.34. The maximum atomic E-state index is 10.7. The number of benzene rings is 1. The zero-order valence-electron chi connectivity index (χ0n) is 7.23. The van der Waals surface area contributed by atoms with Crippen molar-refractivity contribution >= 4 is 37.8 Å². The van der Waals surface area contributed by atoms with Crippen LogP contribution in [-0.2, 0) is 4.79 Å². The van der Waals surface area contributed by atoms with Gasteiger partial charge in [0.2, 0.25) is 0 Å². The Bertz CT molecular complexity index is 324. The summed E-state index contributed by atoms with van der Waals surface area (Å²) in [7, 11) is 0. The second-order valence-electron chi connectivity index (χ2n) is 2.65. The van der Waals surface area contributed by atoms with Gasteiger partial charge in [0.05, 0.1) is 8.95 Å². The number of aryl methyl sites for hydroxylation is 1. The summed E-state index contributed by atoms with van der Waals surface area (Å²) in [6, 6.07) is 3.78. The van der Waals surface area contributed by atoms with Crippen LogP contribution >= 0.6 is 31.9 Å². The van der Waals surface area contributed by atoms with Gasteiger partial charge in [0, 0.05) is 6.92 Å². The molecule has 0 N–H and O–H groups in total. The number of hydrogen-bond acceptors (Lipinski definition) is 2. The molecule has 70 valence electrons. The molecule has 1 aromatic rings. The summed E-state index contributed by atoms with van der Waals surface area (Å²) in [5, 5.41) is 0. The van der Waals surface area contributed by atoms with E-state index in [9.17, 15) is 4.79 Å². The molecule has 0 unspecified atom stereocenters. The van der Waals surface area contributed by atoms with Gasteiger partial charge < -0.3 is 4.74 Å². The zero-order valence-corrected chi connectivity index (χ0v) is 10.4. The third-order valence-electron chi connectivity index (χ3n) is 1.39. The summed E-state index contributed by atoms with van der Waals surface area (Å²) in [4.78, 5) is 10.7. The first-order valence-corrected chi connectivity index (χ1v) is 5.23. The van der Waals surface area contributed by atoms with E-state index in [1.807, 2.05) is 19.1 Å². The number of halogens is 2. The summed E-state index contributed by atoms with van der Waals surface area (Å²) in [6.45, 7) is 3.34. The molecule has 0 saturated heterocycles. The normalized spacial score (nSPS) is 9.85. The predicted octanol–water partition coefficient (Wildman–Crippen LogP) is 3.45. The lowest BCUT2D eigenvalue weighted by atomic mass is 10.2. The number of hydrogen-bond donors (Lipinski definition) is 0. The SMILES string of the molecule is CC(=O)Oc1c(Br)cc(C)cc1Br. The van der Waals surface area contributed by atoms with Gasteiger partial charge in [0.15, 0.2) is 5.75 Å². The number of carbonyl (C=O) groups excluding carboxylic acids is 1. The lowest BCUT2D eigenvalue weighted by Crippen LogP contribution is -2.02. The molecule has 0 saturated carbocycles. The van der Waals surface area contributed by atoms with Crippen LogP contribution in [-0.4, -0.2) is 5.97 Å². The van der Waals surface area contributed by atoms with E-state index in [0.717, 1.165) is 14.5 Å². The van der Waals surface area contributed by atoms with Crippen molar-refractivity contribution in [1.29, 1.82) is 0 Å². The topological polar surface area (TPSA) is 26.3 Å². The van der Waals surface area contributed by atoms with Crippen LogP contribution in [0.1, 0.15) is 12.5 Å². The standard InChI is InChI=1S/C9H8Br2O2/c1-5-3-7(10)9(8(11)4-5)13-6(2)12/h3-4H,1-2H3. The Morgan fingerprint density at radius 2 is 1.77 bits per heavy atom. The maximum absolute atomic E-state index is 10.7. The van der Waals surface area contributed by atoms with Crippen LogP contribution in [0.3, 0.4) is 0 Å². The summed E-state index contributed by atoms with van der Waals surface area (Å²) < 4.78 is 6.54. The number of esters is 1. The molecule has 2 nitrogen and oxygen atoms in total. The van der Waals surface area contributed by atoms with E-state index in [1.54, 1.807) is 0 Å². The zero-order chi connectivity index (χ0) is 10.0. The Morgan fingerprint density at radius 3 is 2.15 bits per heavy atom. The van der Waals surface area contributed by atoms with Gasteiger partial charge in [-0.05, 0) is 56.5 Å². The first-order valence-electron chi connectivity index (χ1n) is 3.65. The largest absolute Gasteiger partial charge is 0.424 e. The van der Waals surface area contributed by atoms with E-state index in [4.69, 9.17) is 4.74 Å². The fraction of sp³-hybridized carbons (Fsp3) is 0.222. The van der Waals surface area contributed by atoms with E-state index >= 15 is 0 Å². The number of rotatable bonds is 1. The molecule has 0 aliphatic rings. The van der Waals surface area contributed by atoms with Crippen molar-refractivity contribution in [3.63, 3.8) is 0 Å². The highest BCUT2D eigenvalue weighted by atomic mass is 79.9. The molecule has 1 aromatic carbocycles. The molecule has 0 bridgehead atoms. The van der Waals surface area contributed by atoms with Gasteiger partial charge in [-0.15, -0.1) is 0 Å². The Morgan fingerprint density at radius 1 is 1.31 bits per heavy atom. The molecule has 0 fully saturated rings. The van der Waals surface area contributed by atoms with Gasteiger partial charge >= 0.3 is 5.97 Å². The van der Waals surface area contributed by atoms with Crippen molar-refractivity contribution < 1.29 is 9.53 Å². The van der Waals surface area contributed by atoms with Crippen LogP contribution in [0.15, 0.2) is 21.1 Å². The molecule has 4 heteroatoms. The van der Waals surface area contributed by atoms with Gasteiger partial charge in [0.1, 0.15) is 0 Å². The first kappa shape index (κ1) is 10.7. The Hall–Kier alpha value is -0.350. The molecule has 0 aliphatic heterocycles. The minimum Gasteiger partial charge on any atom is -0.424 e. The first-order chi connectivity index (χ1) is 6.00. The number of carbonyl (C=O) groups is 1. The fourth-order valence-electron chi connectivity index (χ4n) is 0.928. The van der Waals surface area contributed by atoms with Crippen molar-refractivity contribution in [2.24, 2.45) is 0 Å². The van der Waals surface area contributed by atoms with Crippen LogP contribution in [0, 0.1) is 6.92 Å². The fourth-order valence-corrected chi connectivity index (χ4v) is 2.51. The van der Waals surface area contributed by atoms with Gasteiger partial charge in [-0.1, -0.05) is 0 Å². The minimum absolute atomic E-state index is 0.328. The maximum Gasteiger partial charge on any atom is 0.308 e. The Labute approximate surface area is 93.5 Å². The van der Waals surface area contributed by atoms with Crippen LogP contribution < -0.4 is 4.74 Å². The molecule has 1 rings (SSSR count). The second-order valence-corrected chi connectivity index (χ2v) is 4.36. The van der Waals surface area contributed by atoms with Gasteiger partial charge in [0.25, 0.3) is 0 Å². The molecule has 0 heterocycles. The Kier molecular flexibility index (Phi) is 3.50. The highest BCUT2D eigenvalue weighted by Gasteiger charge is 2.09. The van der Waals surface area contributed by atoms with E-state index in [1.165, 1.54) is 6.92 Å². The van der Waals surface area contributed by atoms with Crippen LogP contribution in [0.4, 0.5) is 0 Å². The lowest BCUT2D eigenvalue weighted by molar-refractivity contribution is -0.131. The van der Waals surface area contributed by atoms with Gasteiger partial charge in [-0.2, -0.15) is 0 Å². The van der Waals surface area contributed by atoms with Crippen molar-refractivity contribution in [3.05, 3.63) is 26.6 Å². The summed E-state index contributed by atoms with van der Waals surface area (Å²) in [5.74, 6) is 0.198. The third kappa shape index (κ3) is 2.81. The summed E-state index contributed by atoms with van der Waals surface area (Å²) in [5.41, 5.74) is 1.09. The molecule has 13 heavy (non-hydrogen) atoms. The molecule has 0 aromatic heterocycles. The quantitative estimate of drug-likeness (QED) is 0.587. The van der Waals surface area contributed by atoms with Crippen molar-refractivity contribution in [1.82, 2.24) is 0 Å². The average Bonchev–Trinajstić information content (AvgIpc) is 1.96. The molecule has 0 amide bonds. The molecule has 0 aliphatic carbocycles. The van der Waals surface area contributed by atoms with Crippen LogP contribution in [0.5, 0.6) is 5.75 Å².